The van der Waals surface area contributed by atoms with E-state index in [-0.39, 0.29) is 18.4 Å². The molecule has 0 heterocycles. The minimum absolute atomic E-state index is 0.0385. The van der Waals surface area contributed by atoms with E-state index in [1.54, 1.807) is 36.2 Å². The fraction of sp³-hybridized carbons (Fsp3) is 0.467. The summed E-state index contributed by atoms with van der Waals surface area (Å²) < 4.78 is 0. The van der Waals surface area contributed by atoms with Gasteiger partial charge in [-0.3, -0.25) is 9.59 Å². The Bertz CT molecular complexity index is 443. The minimum Gasteiger partial charge on any atom is -0.396 e. The number of hydrogen-bond acceptors (Lipinski definition) is 3. The third-order valence-corrected chi connectivity index (χ3v) is 2.95. The SMILES string of the molecule is CC(=O)Nc1ccc(C(=O)N(C)CCCCCO)cc1. The molecule has 2 N–H and O–H groups in total. The third kappa shape index (κ3) is 5.40. The fourth-order valence-electron chi connectivity index (χ4n) is 1.86. The van der Waals surface area contributed by atoms with Gasteiger partial charge in [-0.05, 0) is 43.5 Å². The average molecular weight is 278 g/mol. The number of anilines is 1. The molecule has 1 rings (SSSR count). The van der Waals surface area contributed by atoms with Crippen LogP contribution in [0.2, 0.25) is 0 Å². The zero-order valence-electron chi connectivity index (χ0n) is 12.1. The molecule has 0 fully saturated rings. The Morgan fingerprint density at radius 1 is 1.15 bits per heavy atom. The van der Waals surface area contributed by atoms with Gasteiger partial charge in [0.25, 0.3) is 5.91 Å². The number of carbonyl (C=O) groups excluding carboxylic acids is 2. The zero-order chi connectivity index (χ0) is 15.0. The normalized spacial score (nSPS) is 10.2. The van der Waals surface area contributed by atoms with Crippen LogP contribution >= 0.6 is 0 Å². The van der Waals surface area contributed by atoms with E-state index in [2.05, 4.69) is 5.32 Å². The molecule has 0 aliphatic heterocycles. The van der Waals surface area contributed by atoms with Crippen molar-refractivity contribution in [2.24, 2.45) is 0 Å². The van der Waals surface area contributed by atoms with Gasteiger partial charge in [-0.2, -0.15) is 0 Å². The Morgan fingerprint density at radius 2 is 1.80 bits per heavy atom. The van der Waals surface area contributed by atoms with Crippen LogP contribution in [0.15, 0.2) is 24.3 Å². The summed E-state index contributed by atoms with van der Waals surface area (Å²) in [5, 5.41) is 11.4. The van der Waals surface area contributed by atoms with Crippen molar-refractivity contribution in [3.05, 3.63) is 29.8 Å². The Kier molecular flexibility index (Phi) is 6.73. The Balaban J connectivity index is 2.51. The number of aliphatic hydroxyl groups excluding tert-OH is 1. The largest absolute Gasteiger partial charge is 0.396 e. The number of rotatable bonds is 7. The molecule has 1 aromatic rings. The molecule has 5 heteroatoms. The van der Waals surface area contributed by atoms with Gasteiger partial charge in [0.1, 0.15) is 0 Å². The third-order valence-electron chi connectivity index (χ3n) is 2.95. The number of nitrogens with zero attached hydrogens (tertiary/aromatic N) is 1. The number of nitrogens with one attached hydrogen (secondary N) is 1. The molecule has 0 saturated carbocycles. The van der Waals surface area contributed by atoms with Gasteiger partial charge in [-0.15, -0.1) is 0 Å². The average Bonchev–Trinajstić information content (AvgIpc) is 2.43. The number of hydrogen-bond donors (Lipinski definition) is 2. The van der Waals surface area contributed by atoms with Gasteiger partial charge in [-0.25, -0.2) is 0 Å². The lowest BCUT2D eigenvalue weighted by molar-refractivity contribution is -0.114. The van der Waals surface area contributed by atoms with Crippen LogP contribution < -0.4 is 5.32 Å². The van der Waals surface area contributed by atoms with Crippen molar-refractivity contribution in [1.29, 1.82) is 0 Å². The quantitative estimate of drug-likeness (QED) is 0.748. The molecule has 110 valence electrons. The van der Waals surface area contributed by atoms with Gasteiger partial charge in [0.2, 0.25) is 5.91 Å². The maximum absolute atomic E-state index is 12.1. The number of benzene rings is 1. The van der Waals surface area contributed by atoms with Crippen molar-refractivity contribution >= 4 is 17.5 Å². The van der Waals surface area contributed by atoms with E-state index in [4.69, 9.17) is 5.11 Å². The van der Waals surface area contributed by atoms with E-state index in [1.807, 2.05) is 0 Å². The van der Waals surface area contributed by atoms with E-state index >= 15 is 0 Å². The van der Waals surface area contributed by atoms with Crippen molar-refractivity contribution in [2.45, 2.75) is 26.2 Å². The highest BCUT2D eigenvalue weighted by atomic mass is 16.3. The Morgan fingerprint density at radius 3 is 2.35 bits per heavy atom. The van der Waals surface area contributed by atoms with Crippen LogP contribution in [-0.4, -0.2) is 42.0 Å². The first kappa shape index (κ1) is 16.2. The lowest BCUT2D eigenvalue weighted by atomic mass is 10.1. The Labute approximate surface area is 119 Å². The minimum atomic E-state index is -0.134. The predicted molar refractivity (Wildman–Crippen MR) is 78.6 cm³/mol. The lowest BCUT2D eigenvalue weighted by Gasteiger charge is -2.17. The first-order valence-corrected chi connectivity index (χ1v) is 6.78. The van der Waals surface area contributed by atoms with Crippen LogP contribution in [0.25, 0.3) is 0 Å². The summed E-state index contributed by atoms with van der Waals surface area (Å²) in [7, 11) is 1.77. The van der Waals surface area contributed by atoms with Gasteiger partial charge in [0, 0.05) is 38.4 Å². The highest BCUT2D eigenvalue weighted by Gasteiger charge is 2.11. The van der Waals surface area contributed by atoms with Gasteiger partial charge < -0.3 is 15.3 Å². The summed E-state index contributed by atoms with van der Waals surface area (Å²) in [6.45, 7) is 2.31. The standard InChI is InChI=1S/C15H22N2O3/c1-12(19)16-14-8-6-13(7-9-14)15(20)17(2)10-4-3-5-11-18/h6-9,18H,3-5,10-11H2,1-2H3,(H,16,19). The van der Waals surface area contributed by atoms with Crippen molar-refractivity contribution in [1.82, 2.24) is 4.90 Å². The maximum Gasteiger partial charge on any atom is 0.253 e. The van der Waals surface area contributed by atoms with Gasteiger partial charge in [0.05, 0.1) is 0 Å². The second-order valence-corrected chi connectivity index (χ2v) is 4.77. The predicted octanol–water partition coefficient (Wildman–Crippen LogP) is 1.88. The second kappa shape index (κ2) is 8.32. The Hall–Kier alpha value is -1.88. The van der Waals surface area contributed by atoms with Gasteiger partial charge in [0.15, 0.2) is 0 Å². The molecular formula is C15H22N2O3. The van der Waals surface area contributed by atoms with E-state index < -0.39 is 0 Å². The summed E-state index contributed by atoms with van der Waals surface area (Å²) in [6, 6.07) is 6.85. The van der Waals surface area contributed by atoms with Crippen LogP contribution in [0.4, 0.5) is 5.69 Å². The van der Waals surface area contributed by atoms with E-state index in [9.17, 15) is 9.59 Å². The highest BCUT2D eigenvalue weighted by molar-refractivity contribution is 5.95. The molecule has 0 aromatic heterocycles. The topological polar surface area (TPSA) is 69.6 Å². The number of aliphatic hydroxyl groups is 1. The van der Waals surface area contributed by atoms with Gasteiger partial charge >= 0.3 is 0 Å². The first-order valence-electron chi connectivity index (χ1n) is 6.78. The smallest absolute Gasteiger partial charge is 0.253 e. The van der Waals surface area contributed by atoms with E-state index in [0.717, 1.165) is 19.3 Å². The zero-order valence-corrected chi connectivity index (χ0v) is 12.1. The first-order chi connectivity index (χ1) is 9.54. The van der Waals surface area contributed by atoms with Crippen LogP contribution in [-0.2, 0) is 4.79 Å². The molecule has 0 saturated heterocycles. The summed E-state index contributed by atoms with van der Waals surface area (Å²) in [4.78, 5) is 24.7. The molecule has 2 amide bonds. The fourth-order valence-corrected chi connectivity index (χ4v) is 1.86. The molecule has 0 atom stereocenters. The van der Waals surface area contributed by atoms with Crippen LogP contribution in [0, 0.1) is 0 Å². The van der Waals surface area contributed by atoms with Crippen LogP contribution in [0.5, 0.6) is 0 Å². The van der Waals surface area contributed by atoms with E-state index in [0.29, 0.717) is 17.8 Å². The van der Waals surface area contributed by atoms with Gasteiger partial charge in [-0.1, -0.05) is 0 Å². The molecular weight excluding hydrogens is 256 g/mol. The molecule has 0 radical (unpaired) electrons. The molecule has 0 spiro atoms. The summed E-state index contributed by atoms with van der Waals surface area (Å²) in [6.07, 6.45) is 2.57. The highest BCUT2D eigenvalue weighted by Crippen LogP contribution is 2.11. The molecule has 5 nitrogen and oxygen atoms in total. The van der Waals surface area contributed by atoms with Crippen molar-refractivity contribution in [3.63, 3.8) is 0 Å². The van der Waals surface area contributed by atoms with E-state index in [1.165, 1.54) is 6.92 Å². The maximum atomic E-state index is 12.1. The molecule has 1 aromatic carbocycles. The summed E-state index contributed by atoms with van der Waals surface area (Å²) in [5.41, 5.74) is 1.28. The van der Waals surface area contributed by atoms with Crippen LogP contribution in [0.3, 0.4) is 0 Å². The van der Waals surface area contributed by atoms with Crippen molar-refractivity contribution < 1.29 is 14.7 Å². The van der Waals surface area contributed by atoms with Crippen molar-refractivity contribution in [2.75, 3.05) is 25.5 Å². The van der Waals surface area contributed by atoms with Crippen LogP contribution in [0.1, 0.15) is 36.5 Å². The lowest BCUT2D eigenvalue weighted by Crippen LogP contribution is -2.27. The summed E-state index contributed by atoms with van der Waals surface area (Å²) in [5.74, 6) is -0.173. The monoisotopic (exact) mass is 278 g/mol. The summed E-state index contributed by atoms with van der Waals surface area (Å²) >= 11 is 0. The number of unbranched alkanes of at least 4 members (excludes halogenated alkanes) is 2. The second-order valence-electron chi connectivity index (χ2n) is 4.77. The molecule has 20 heavy (non-hydrogen) atoms. The number of carbonyl (C=O) groups is 2. The molecule has 0 unspecified atom stereocenters. The van der Waals surface area contributed by atoms with Crippen molar-refractivity contribution in [3.8, 4) is 0 Å². The molecule has 0 aliphatic carbocycles. The molecule has 0 bridgehead atoms. The number of amides is 2. The molecule has 0 aliphatic rings.